The van der Waals surface area contributed by atoms with Gasteiger partial charge in [-0.1, -0.05) is 84.0 Å². The summed E-state index contributed by atoms with van der Waals surface area (Å²) in [6.45, 7) is 0.335. The number of carbonyl (C=O) groups excluding carboxylic acids is 1. The molecule has 0 aliphatic heterocycles. The van der Waals surface area contributed by atoms with Gasteiger partial charge in [0, 0.05) is 11.1 Å². The number of hydrogen-bond donors (Lipinski definition) is 0. The average Bonchev–Trinajstić information content (AvgIpc) is 2.65. The molecule has 3 aromatic rings. The minimum absolute atomic E-state index is 0.0997. The molecule has 0 amide bonds. The van der Waals surface area contributed by atoms with E-state index < -0.39 is 0 Å². The third kappa shape index (κ3) is 2.50. The van der Waals surface area contributed by atoms with E-state index in [0.29, 0.717) is 17.9 Å². The molecule has 3 nitrogen and oxygen atoms in total. The molecular weight excluding hydrogens is 298 g/mol. The van der Waals surface area contributed by atoms with Gasteiger partial charge in [0.1, 0.15) is 6.61 Å². The maximum absolute atomic E-state index is 12.8. The molecule has 0 bridgehead atoms. The van der Waals surface area contributed by atoms with Crippen molar-refractivity contribution < 1.29 is 9.63 Å². The quantitative estimate of drug-likeness (QED) is 0.669. The monoisotopic (exact) mass is 313 g/mol. The van der Waals surface area contributed by atoms with Crippen LogP contribution in [0.3, 0.4) is 0 Å². The lowest BCUT2D eigenvalue weighted by Crippen LogP contribution is -2.22. The van der Waals surface area contributed by atoms with Crippen LogP contribution in [0.4, 0.5) is 0 Å². The third-order valence-corrected chi connectivity index (χ3v) is 4.09. The zero-order chi connectivity index (χ0) is 16.4. The summed E-state index contributed by atoms with van der Waals surface area (Å²) in [5.74, 6) is -0.0997. The van der Waals surface area contributed by atoms with Gasteiger partial charge in [-0.25, -0.2) is 0 Å². The van der Waals surface area contributed by atoms with E-state index in [1.54, 1.807) is 0 Å². The molecule has 4 rings (SSSR count). The number of carbonyl (C=O) groups is 1. The standard InChI is InChI=1S/C21H15NO2/c23-21-19-13-7-5-11-17(19)16-10-4-6-12-18(16)20(21)22-24-14-15-8-2-1-3-9-15/h1-13H,14H2/b22-20+. The van der Waals surface area contributed by atoms with E-state index in [9.17, 15) is 4.79 Å². The molecule has 0 N–H and O–H groups in total. The van der Waals surface area contributed by atoms with Gasteiger partial charge in [0.25, 0.3) is 0 Å². The highest BCUT2D eigenvalue weighted by molar-refractivity contribution is 6.54. The van der Waals surface area contributed by atoms with Crippen LogP contribution in [0.1, 0.15) is 21.5 Å². The van der Waals surface area contributed by atoms with Gasteiger partial charge in [-0.05, 0) is 16.7 Å². The Bertz CT molecular complexity index is 929. The summed E-state index contributed by atoms with van der Waals surface area (Å²) in [7, 11) is 0. The van der Waals surface area contributed by atoms with Crippen molar-refractivity contribution in [3.63, 3.8) is 0 Å². The Labute approximate surface area is 140 Å². The number of oxime groups is 1. The van der Waals surface area contributed by atoms with Crippen molar-refractivity contribution in [2.45, 2.75) is 6.61 Å². The van der Waals surface area contributed by atoms with Crippen molar-refractivity contribution in [1.82, 2.24) is 0 Å². The molecule has 1 aliphatic carbocycles. The molecular formula is C21H15NO2. The van der Waals surface area contributed by atoms with E-state index >= 15 is 0 Å². The van der Waals surface area contributed by atoms with Crippen molar-refractivity contribution in [3.05, 3.63) is 95.6 Å². The van der Waals surface area contributed by atoms with Crippen molar-refractivity contribution in [2.24, 2.45) is 5.16 Å². The molecule has 0 atom stereocenters. The Morgan fingerprint density at radius 1 is 0.667 bits per heavy atom. The van der Waals surface area contributed by atoms with E-state index in [0.717, 1.165) is 22.3 Å². The summed E-state index contributed by atoms with van der Waals surface area (Å²) in [5.41, 5.74) is 4.81. The molecule has 0 saturated carbocycles. The molecule has 0 heterocycles. The third-order valence-electron chi connectivity index (χ3n) is 4.09. The molecule has 0 saturated heterocycles. The predicted molar refractivity (Wildman–Crippen MR) is 94.0 cm³/mol. The first-order chi connectivity index (χ1) is 11.8. The first-order valence-electron chi connectivity index (χ1n) is 7.82. The number of fused-ring (bicyclic) bond motifs is 3. The average molecular weight is 313 g/mol. The second-order valence-corrected chi connectivity index (χ2v) is 5.62. The van der Waals surface area contributed by atoms with E-state index in [1.165, 1.54) is 0 Å². The Hall–Kier alpha value is -3.20. The molecule has 0 aromatic heterocycles. The number of hydrogen-bond acceptors (Lipinski definition) is 3. The van der Waals surface area contributed by atoms with Crippen LogP contribution >= 0.6 is 0 Å². The molecule has 3 aromatic carbocycles. The maximum atomic E-state index is 12.8. The van der Waals surface area contributed by atoms with Crippen LogP contribution in [0.2, 0.25) is 0 Å². The summed E-state index contributed by atoms with van der Waals surface area (Å²) in [6.07, 6.45) is 0. The van der Waals surface area contributed by atoms with Crippen LogP contribution in [0.15, 0.2) is 84.0 Å². The van der Waals surface area contributed by atoms with Gasteiger partial charge in [-0.2, -0.15) is 0 Å². The summed E-state index contributed by atoms with van der Waals surface area (Å²) >= 11 is 0. The SMILES string of the molecule is O=C1/C(=N/OCc2ccccc2)c2ccccc2-c2ccccc21. The van der Waals surface area contributed by atoms with Crippen molar-refractivity contribution in [1.29, 1.82) is 0 Å². The zero-order valence-electron chi connectivity index (χ0n) is 13.0. The highest BCUT2D eigenvalue weighted by Gasteiger charge is 2.28. The van der Waals surface area contributed by atoms with E-state index in [-0.39, 0.29) is 5.78 Å². The Balaban J connectivity index is 1.71. The smallest absolute Gasteiger partial charge is 0.216 e. The molecule has 0 fully saturated rings. The fourth-order valence-corrected chi connectivity index (χ4v) is 2.93. The molecule has 0 spiro atoms. The van der Waals surface area contributed by atoms with Crippen LogP contribution in [0.5, 0.6) is 0 Å². The molecule has 1 aliphatic rings. The van der Waals surface area contributed by atoms with E-state index in [2.05, 4.69) is 5.16 Å². The lowest BCUT2D eigenvalue weighted by atomic mass is 9.83. The fraction of sp³-hybridized carbons (Fsp3) is 0.0476. The van der Waals surface area contributed by atoms with Gasteiger partial charge in [0.15, 0.2) is 5.71 Å². The van der Waals surface area contributed by atoms with Crippen molar-refractivity contribution in [2.75, 3.05) is 0 Å². The first-order valence-corrected chi connectivity index (χ1v) is 7.82. The van der Waals surface area contributed by atoms with Crippen LogP contribution < -0.4 is 0 Å². The topological polar surface area (TPSA) is 38.7 Å². The van der Waals surface area contributed by atoms with Crippen LogP contribution in [-0.2, 0) is 11.4 Å². The lowest BCUT2D eigenvalue weighted by molar-refractivity contribution is 0.103. The van der Waals surface area contributed by atoms with Crippen LogP contribution in [0.25, 0.3) is 11.1 Å². The Morgan fingerprint density at radius 2 is 1.21 bits per heavy atom. The molecule has 24 heavy (non-hydrogen) atoms. The number of Topliss-reactive ketones (excluding diaryl/α,β-unsaturated/α-hetero) is 1. The molecule has 3 heteroatoms. The van der Waals surface area contributed by atoms with Gasteiger partial charge >= 0.3 is 0 Å². The number of ketones is 1. The minimum atomic E-state index is -0.0997. The number of nitrogens with zero attached hydrogens (tertiary/aromatic N) is 1. The summed E-state index contributed by atoms with van der Waals surface area (Å²) in [6, 6.07) is 25.2. The van der Waals surface area contributed by atoms with Gasteiger partial charge in [0.05, 0.1) is 0 Å². The highest BCUT2D eigenvalue weighted by atomic mass is 16.6. The van der Waals surface area contributed by atoms with E-state index in [1.807, 2.05) is 78.9 Å². The van der Waals surface area contributed by atoms with Gasteiger partial charge in [-0.15, -0.1) is 0 Å². The van der Waals surface area contributed by atoms with Crippen LogP contribution in [0, 0.1) is 0 Å². The van der Waals surface area contributed by atoms with Gasteiger partial charge in [0.2, 0.25) is 5.78 Å². The summed E-state index contributed by atoms with van der Waals surface area (Å²) in [5, 5.41) is 4.17. The Morgan fingerprint density at radius 3 is 1.92 bits per heavy atom. The number of benzene rings is 3. The zero-order valence-corrected chi connectivity index (χ0v) is 13.0. The lowest BCUT2D eigenvalue weighted by Gasteiger charge is -2.19. The number of rotatable bonds is 3. The molecule has 0 unspecified atom stereocenters. The molecule has 116 valence electrons. The summed E-state index contributed by atoms with van der Waals surface area (Å²) < 4.78 is 0. The van der Waals surface area contributed by atoms with Gasteiger partial charge in [-0.3, -0.25) is 4.79 Å². The van der Waals surface area contributed by atoms with Crippen LogP contribution in [-0.4, -0.2) is 11.5 Å². The fourth-order valence-electron chi connectivity index (χ4n) is 2.93. The minimum Gasteiger partial charge on any atom is -0.390 e. The summed E-state index contributed by atoms with van der Waals surface area (Å²) in [4.78, 5) is 18.3. The highest BCUT2D eigenvalue weighted by Crippen LogP contribution is 2.33. The predicted octanol–water partition coefficient (Wildman–Crippen LogP) is 4.47. The second kappa shape index (κ2) is 6.13. The van der Waals surface area contributed by atoms with E-state index in [4.69, 9.17) is 4.84 Å². The molecule has 0 radical (unpaired) electrons. The largest absolute Gasteiger partial charge is 0.390 e. The first kappa shape index (κ1) is 14.4. The van der Waals surface area contributed by atoms with Gasteiger partial charge < -0.3 is 4.84 Å². The van der Waals surface area contributed by atoms with Crippen molar-refractivity contribution >= 4 is 11.5 Å². The second-order valence-electron chi connectivity index (χ2n) is 5.62. The Kier molecular flexibility index (Phi) is 3.67. The maximum Gasteiger partial charge on any atom is 0.216 e. The normalized spacial score (nSPS) is 14.2. The van der Waals surface area contributed by atoms with Crippen molar-refractivity contribution in [3.8, 4) is 11.1 Å².